The molecule has 0 aliphatic carbocycles. The lowest BCUT2D eigenvalue weighted by Crippen LogP contribution is -2.14. The summed E-state index contributed by atoms with van der Waals surface area (Å²) in [6.45, 7) is 1.84. The van der Waals surface area contributed by atoms with Gasteiger partial charge in [-0.3, -0.25) is 4.79 Å². The van der Waals surface area contributed by atoms with E-state index >= 15 is 0 Å². The Morgan fingerprint density at radius 2 is 1.85 bits per heavy atom. The van der Waals surface area contributed by atoms with Gasteiger partial charge >= 0.3 is 0 Å². The van der Waals surface area contributed by atoms with Gasteiger partial charge in [0.25, 0.3) is 5.91 Å². The number of nitriles is 1. The minimum atomic E-state index is -0.320. The number of pyridine rings is 1. The molecule has 1 amide bonds. The maximum absolute atomic E-state index is 12.4. The lowest BCUT2D eigenvalue weighted by Gasteiger charge is -2.10. The van der Waals surface area contributed by atoms with Crippen molar-refractivity contribution in [2.24, 2.45) is 0 Å². The first kappa shape index (κ1) is 17.5. The van der Waals surface area contributed by atoms with E-state index in [0.29, 0.717) is 27.6 Å². The van der Waals surface area contributed by atoms with Crippen LogP contribution in [0.15, 0.2) is 60.8 Å². The molecule has 0 atom stereocenters. The van der Waals surface area contributed by atoms with Gasteiger partial charge in [0.05, 0.1) is 23.1 Å². The Kier molecular flexibility index (Phi) is 5.16. The second kappa shape index (κ2) is 7.68. The summed E-state index contributed by atoms with van der Waals surface area (Å²) in [6, 6.07) is 18.0. The summed E-state index contributed by atoms with van der Waals surface area (Å²) in [4.78, 5) is 16.6. The largest absolute Gasteiger partial charge is 0.353 e. The number of hydrogen-bond donors (Lipinski definition) is 2. The summed E-state index contributed by atoms with van der Waals surface area (Å²) in [7, 11) is 0. The first-order valence-electron chi connectivity index (χ1n) is 7.87. The SMILES string of the molecule is Cc1c(Cl)cccc1NC(=O)c1ccc(Nc2ccccc2C#N)cn1. The summed E-state index contributed by atoms with van der Waals surface area (Å²) in [5.41, 5.74) is 3.63. The van der Waals surface area contributed by atoms with Crippen molar-refractivity contribution in [3.05, 3.63) is 82.6 Å². The van der Waals surface area contributed by atoms with E-state index in [1.54, 1.807) is 54.7 Å². The molecule has 0 aliphatic heterocycles. The molecule has 0 saturated heterocycles. The Morgan fingerprint density at radius 3 is 2.58 bits per heavy atom. The molecule has 0 spiro atoms. The van der Waals surface area contributed by atoms with Gasteiger partial charge in [0.15, 0.2) is 0 Å². The zero-order valence-corrected chi connectivity index (χ0v) is 14.7. The average Bonchev–Trinajstić information content (AvgIpc) is 2.66. The molecule has 5 nitrogen and oxygen atoms in total. The number of carbonyl (C=O) groups excluding carboxylic acids is 1. The zero-order chi connectivity index (χ0) is 18.5. The molecular formula is C20H15ClN4O. The van der Waals surface area contributed by atoms with Gasteiger partial charge in [0.2, 0.25) is 0 Å². The molecule has 0 fully saturated rings. The van der Waals surface area contributed by atoms with Crippen LogP contribution in [0.4, 0.5) is 17.1 Å². The molecule has 0 radical (unpaired) electrons. The highest BCUT2D eigenvalue weighted by Crippen LogP contribution is 2.24. The third kappa shape index (κ3) is 3.82. The molecule has 1 heterocycles. The monoisotopic (exact) mass is 362 g/mol. The van der Waals surface area contributed by atoms with Crippen molar-refractivity contribution in [1.29, 1.82) is 5.26 Å². The summed E-state index contributed by atoms with van der Waals surface area (Å²) < 4.78 is 0. The highest BCUT2D eigenvalue weighted by atomic mass is 35.5. The average molecular weight is 363 g/mol. The fourth-order valence-electron chi connectivity index (χ4n) is 2.38. The van der Waals surface area contributed by atoms with Crippen molar-refractivity contribution in [3.63, 3.8) is 0 Å². The Balaban J connectivity index is 1.74. The number of amides is 1. The smallest absolute Gasteiger partial charge is 0.274 e. The minimum absolute atomic E-state index is 0.281. The molecule has 0 aliphatic rings. The number of anilines is 3. The lowest BCUT2D eigenvalue weighted by atomic mass is 10.2. The number of halogens is 1. The van der Waals surface area contributed by atoms with Crippen LogP contribution in [-0.2, 0) is 0 Å². The highest BCUT2D eigenvalue weighted by molar-refractivity contribution is 6.31. The van der Waals surface area contributed by atoms with Crippen molar-refractivity contribution in [2.75, 3.05) is 10.6 Å². The van der Waals surface area contributed by atoms with Crippen LogP contribution in [0.25, 0.3) is 0 Å². The summed E-state index contributed by atoms with van der Waals surface area (Å²) in [5, 5.41) is 15.6. The predicted molar refractivity (Wildman–Crippen MR) is 103 cm³/mol. The molecule has 0 unspecified atom stereocenters. The van der Waals surface area contributed by atoms with Crippen LogP contribution in [-0.4, -0.2) is 10.9 Å². The molecule has 1 aromatic heterocycles. The van der Waals surface area contributed by atoms with E-state index in [0.717, 1.165) is 5.56 Å². The topological polar surface area (TPSA) is 77.8 Å². The van der Waals surface area contributed by atoms with Crippen molar-refractivity contribution < 1.29 is 4.79 Å². The number of hydrogen-bond acceptors (Lipinski definition) is 4. The quantitative estimate of drug-likeness (QED) is 0.691. The summed E-state index contributed by atoms with van der Waals surface area (Å²) in [6.07, 6.45) is 1.55. The van der Waals surface area contributed by atoms with Gasteiger partial charge < -0.3 is 10.6 Å². The molecule has 6 heteroatoms. The van der Waals surface area contributed by atoms with Gasteiger partial charge in [-0.25, -0.2) is 4.98 Å². The van der Waals surface area contributed by atoms with Crippen molar-refractivity contribution >= 4 is 34.6 Å². The Hall–Kier alpha value is -3.36. The molecule has 0 saturated carbocycles. The first-order valence-corrected chi connectivity index (χ1v) is 8.25. The van der Waals surface area contributed by atoms with Gasteiger partial charge in [-0.05, 0) is 48.9 Å². The number of aromatic nitrogens is 1. The second-order valence-electron chi connectivity index (χ2n) is 5.58. The summed E-state index contributed by atoms with van der Waals surface area (Å²) in [5.74, 6) is -0.320. The number of rotatable bonds is 4. The van der Waals surface area contributed by atoms with E-state index in [4.69, 9.17) is 16.9 Å². The predicted octanol–water partition coefficient (Wildman–Crippen LogP) is 4.91. The maximum Gasteiger partial charge on any atom is 0.274 e. The number of nitrogens with zero attached hydrogens (tertiary/aromatic N) is 2. The van der Waals surface area contributed by atoms with Crippen molar-refractivity contribution in [3.8, 4) is 6.07 Å². The van der Waals surface area contributed by atoms with Crippen LogP contribution in [0.5, 0.6) is 0 Å². The highest BCUT2D eigenvalue weighted by Gasteiger charge is 2.10. The van der Waals surface area contributed by atoms with E-state index in [-0.39, 0.29) is 11.6 Å². The van der Waals surface area contributed by atoms with Crippen LogP contribution in [0.3, 0.4) is 0 Å². The molecule has 2 N–H and O–H groups in total. The molecule has 26 heavy (non-hydrogen) atoms. The van der Waals surface area contributed by atoms with Crippen LogP contribution < -0.4 is 10.6 Å². The molecule has 2 aromatic carbocycles. The zero-order valence-electron chi connectivity index (χ0n) is 14.0. The fraction of sp³-hybridized carbons (Fsp3) is 0.0500. The molecule has 0 bridgehead atoms. The van der Waals surface area contributed by atoms with Gasteiger partial charge in [-0.1, -0.05) is 29.8 Å². The first-order chi connectivity index (χ1) is 12.6. The Labute approximate surface area is 156 Å². The van der Waals surface area contributed by atoms with Crippen LogP contribution in [0, 0.1) is 18.3 Å². The Bertz CT molecular complexity index is 993. The number of para-hydroxylation sites is 1. The van der Waals surface area contributed by atoms with E-state index < -0.39 is 0 Å². The van der Waals surface area contributed by atoms with Crippen LogP contribution >= 0.6 is 11.6 Å². The Morgan fingerprint density at radius 1 is 1.08 bits per heavy atom. The van der Waals surface area contributed by atoms with Crippen LogP contribution in [0.2, 0.25) is 5.02 Å². The third-order valence-corrected chi connectivity index (χ3v) is 4.25. The van der Waals surface area contributed by atoms with Gasteiger partial charge in [-0.15, -0.1) is 0 Å². The van der Waals surface area contributed by atoms with Gasteiger partial charge in [-0.2, -0.15) is 5.26 Å². The fourth-order valence-corrected chi connectivity index (χ4v) is 2.55. The third-order valence-electron chi connectivity index (χ3n) is 3.84. The molecule has 3 aromatic rings. The van der Waals surface area contributed by atoms with E-state index in [1.807, 2.05) is 13.0 Å². The second-order valence-corrected chi connectivity index (χ2v) is 5.99. The normalized spacial score (nSPS) is 10.0. The lowest BCUT2D eigenvalue weighted by molar-refractivity contribution is 0.102. The summed E-state index contributed by atoms with van der Waals surface area (Å²) >= 11 is 6.07. The molecule has 3 rings (SSSR count). The standard InChI is InChI=1S/C20H15ClN4O/c1-13-16(21)6-4-8-17(13)25-20(26)19-10-9-15(12-23-19)24-18-7-3-2-5-14(18)11-22/h2-10,12,24H,1H3,(H,25,26). The van der Waals surface area contributed by atoms with Gasteiger partial charge in [0.1, 0.15) is 11.8 Å². The number of benzene rings is 2. The van der Waals surface area contributed by atoms with E-state index in [9.17, 15) is 4.79 Å². The van der Waals surface area contributed by atoms with E-state index in [2.05, 4.69) is 21.7 Å². The minimum Gasteiger partial charge on any atom is -0.353 e. The molecular weight excluding hydrogens is 348 g/mol. The van der Waals surface area contributed by atoms with E-state index in [1.165, 1.54) is 0 Å². The number of carbonyl (C=O) groups is 1. The van der Waals surface area contributed by atoms with Crippen LogP contribution in [0.1, 0.15) is 21.6 Å². The van der Waals surface area contributed by atoms with Gasteiger partial charge in [0, 0.05) is 10.7 Å². The number of nitrogens with one attached hydrogen (secondary N) is 2. The maximum atomic E-state index is 12.4. The van der Waals surface area contributed by atoms with Crippen molar-refractivity contribution in [1.82, 2.24) is 4.98 Å². The van der Waals surface area contributed by atoms with Crippen molar-refractivity contribution in [2.45, 2.75) is 6.92 Å². The molecule has 128 valence electrons.